The second-order valence-electron chi connectivity index (χ2n) is 5.68. The van der Waals surface area contributed by atoms with Gasteiger partial charge in [-0.2, -0.15) is 0 Å². The fraction of sp³-hybridized carbons (Fsp3) is 0.471. The summed E-state index contributed by atoms with van der Waals surface area (Å²) in [6, 6.07) is 4.57. The average Bonchev–Trinajstić information content (AvgIpc) is 3.09. The Kier molecular flexibility index (Phi) is 4.43. The van der Waals surface area contributed by atoms with Gasteiger partial charge in [0, 0.05) is 24.5 Å². The van der Waals surface area contributed by atoms with E-state index < -0.39 is 0 Å². The van der Waals surface area contributed by atoms with Gasteiger partial charge in [0.25, 0.3) is 0 Å². The van der Waals surface area contributed by atoms with Crippen molar-refractivity contribution in [3.8, 4) is 0 Å². The van der Waals surface area contributed by atoms with Crippen molar-refractivity contribution in [3.05, 3.63) is 47.8 Å². The van der Waals surface area contributed by atoms with Crippen LogP contribution in [0.1, 0.15) is 44.2 Å². The van der Waals surface area contributed by atoms with Crippen molar-refractivity contribution in [2.24, 2.45) is 4.99 Å². The summed E-state index contributed by atoms with van der Waals surface area (Å²) in [6.07, 6.45) is 13.8. The lowest BCUT2D eigenvalue weighted by atomic mass is 10.1. The van der Waals surface area contributed by atoms with Crippen molar-refractivity contribution in [1.82, 2.24) is 10.3 Å². The van der Waals surface area contributed by atoms with E-state index in [1.807, 2.05) is 30.6 Å². The number of aromatic nitrogens is 1. The lowest BCUT2D eigenvalue weighted by Gasteiger charge is -2.14. The van der Waals surface area contributed by atoms with Crippen LogP contribution in [0.4, 0.5) is 0 Å². The molecular formula is C17H23N3O. The summed E-state index contributed by atoms with van der Waals surface area (Å²) in [4.78, 5) is 7.84. The minimum Gasteiger partial charge on any atom is -0.494 e. The van der Waals surface area contributed by atoms with Gasteiger partial charge in [-0.3, -0.25) is 0 Å². The summed E-state index contributed by atoms with van der Waals surface area (Å²) in [6.45, 7) is 0. The third kappa shape index (κ3) is 3.38. The molecular weight excluding hydrogens is 262 g/mol. The van der Waals surface area contributed by atoms with Crippen molar-refractivity contribution in [3.63, 3.8) is 0 Å². The molecule has 3 rings (SSSR count). The van der Waals surface area contributed by atoms with Gasteiger partial charge >= 0.3 is 0 Å². The van der Waals surface area contributed by atoms with Crippen LogP contribution in [0.5, 0.6) is 0 Å². The van der Waals surface area contributed by atoms with Crippen LogP contribution in [0, 0.1) is 0 Å². The molecule has 4 heteroatoms. The highest BCUT2D eigenvalue weighted by Gasteiger charge is 2.17. The van der Waals surface area contributed by atoms with Crippen LogP contribution in [-0.4, -0.2) is 23.8 Å². The van der Waals surface area contributed by atoms with Gasteiger partial charge in [-0.1, -0.05) is 25.7 Å². The summed E-state index contributed by atoms with van der Waals surface area (Å²) in [7, 11) is 1.69. The Hall–Kier alpha value is -1.97. The van der Waals surface area contributed by atoms with Gasteiger partial charge in [0.15, 0.2) is 0 Å². The number of aliphatic imine (C=N–C) groups is 1. The van der Waals surface area contributed by atoms with Gasteiger partial charge in [0.05, 0.1) is 18.5 Å². The van der Waals surface area contributed by atoms with E-state index in [4.69, 9.17) is 4.74 Å². The van der Waals surface area contributed by atoms with Crippen molar-refractivity contribution in [2.45, 2.75) is 44.6 Å². The molecule has 0 unspecified atom stereocenters. The maximum Gasteiger partial charge on any atom is 0.148 e. The number of rotatable bonds is 4. The molecule has 1 aliphatic heterocycles. The van der Waals surface area contributed by atoms with Gasteiger partial charge in [0.1, 0.15) is 11.5 Å². The number of nitrogens with zero attached hydrogens (tertiary/aromatic N) is 1. The summed E-state index contributed by atoms with van der Waals surface area (Å²) in [5.41, 5.74) is 2.82. The van der Waals surface area contributed by atoms with Crippen molar-refractivity contribution < 1.29 is 4.74 Å². The van der Waals surface area contributed by atoms with Gasteiger partial charge in [-0.15, -0.1) is 0 Å². The molecule has 1 aromatic heterocycles. The number of nitrogens with one attached hydrogen (secondary N) is 2. The molecule has 1 saturated carbocycles. The van der Waals surface area contributed by atoms with Crippen LogP contribution in [0.3, 0.4) is 0 Å². The van der Waals surface area contributed by atoms with Gasteiger partial charge in [0.2, 0.25) is 0 Å². The van der Waals surface area contributed by atoms with E-state index in [0.717, 1.165) is 22.9 Å². The second kappa shape index (κ2) is 6.66. The molecule has 0 amide bonds. The van der Waals surface area contributed by atoms with E-state index in [1.54, 1.807) is 7.11 Å². The van der Waals surface area contributed by atoms with E-state index >= 15 is 0 Å². The van der Waals surface area contributed by atoms with E-state index in [1.165, 1.54) is 38.5 Å². The molecule has 2 aliphatic rings. The maximum absolute atomic E-state index is 5.44. The number of hydrogen-bond acceptors (Lipinski definition) is 3. The molecule has 1 aliphatic carbocycles. The quantitative estimate of drug-likeness (QED) is 0.832. The molecule has 2 N–H and O–H groups in total. The summed E-state index contributed by atoms with van der Waals surface area (Å²) >= 11 is 0. The molecule has 0 atom stereocenters. The maximum atomic E-state index is 5.44. The van der Waals surface area contributed by atoms with Gasteiger partial charge < -0.3 is 15.0 Å². The first kappa shape index (κ1) is 14.0. The topological polar surface area (TPSA) is 49.4 Å². The zero-order valence-electron chi connectivity index (χ0n) is 12.6. The van der Waals surface area contributed by atoms with Crippen molar-refractivity contribution >= 4 is 5.71 Å². The van der Waals surface area contributed by atoms with Crippen LogP contribution in [0.25, 0.3) is 0 Å². The smallest absolute Gasteiger partial charge is 0.148 e. The van der Waals surface area contributed by atoms with E-state index in [2.05, 4.69) is 15.3 Å². The molecule has 1 aromatic rings. The molecule has 2 heterocycles. The Morgan fingerprint density at radius 3 is 2.76 bits per heavy atom. The molecule has 0 aromatic carbocycles. The molecule has 0 saturated heterocycles. The molecule has 0 radical (unpaired) electrons. The van der Waals surface area contributed by atoms with Crippen LogP contribution < -0.4 is 5.32 Å². The third-order valence-electron chi connectivity index (χ3n) is 4.17. The highest BCUT2D eigenvalue weighted by Crippen LogP contribution is 2.23. The van der Waals surface area contributed by atoms with Crippen LogP contribution in [0.15, 0.2) is 47.1 Å². The fourth-order valence-electron chi connectivity index (χ4n) is 2.95. The van der Waals surface area contributed by atoms with Crippen LogP contribution >= 0.6 is 0 Å². The number of hydrogen-bond donors (Lipinski definition) is 2. The fourth-order valence-corrected chi connectivity index (χ4v) is 2.95. The number of aromatic amines is 1. The van der Waals surface area contributed by atoms with E-state index in [-0.39, 0.29) is 0 Å². The van der Waals surface area contributed by atoms with Crippen molar-refractivity contribution in [1.29, 1.82) is 0 Å². The van der Waals surface area contributed by atoms with E-state index in [0.29, 0.717) is 6.04 Å². The average molecular weight is 285 g/mol. The summed E-state index contributed by atoms with van der Waals surface area (Å²) in [5, 5.41) is 3.53. The number of ether oxygens (including phenoxy) is 1. The molecule has 21 heavy (non-hydrogen) atoms. The highest BCUT2D eigenvalue weighted by molar-refractivity contribution is 6.10. The van der Waals surface area contributed by atoms with Gasteiger partial charge in [-0.25, -0.2) is 4.99 Å². The standard InChI is InChI=1S/C17H23N3O/c1-21-17-11-15(14-9-6-10-18-14)20-16(17)12-19-13-7-4-2-3-5-8-13/h6,9-13,18-19H,2-5,7-8H2,1H3/b16-12-. The van der Waals surface area contributed by atoms with Gasteiger partial charge in [-0.05, 0) is 25.0 Å². The largest absolute Gasteiger partial charge is 0.494 e. The minimum atomic E-state index is 0.572. The number of methoxy groups -OCH3 is 1. The molecule has 0 spiro atoms. The lowest BCUT2D eigenvalue weighted by Crippen LogP contribution is -2.23. The zero-order valence-corrected chi connectivity index (χ0v) is 12.6. The second-order valence-corrected chi connectivity index (χ2v) is 5.68. The first-order valence-electron chi connectivity index (χ1n) is 7.81. The Morgan fingerprint density at radius 2 is 2.10 bits per heavy atom. The first-order chi connectivity index (χ1) is 10.4. The Balaban J connectivity index is 1.71. The third-order valence-corrected chi connectivity index (χ3v) is 4.17. The Morgan fingerprint density at radius 1 is 1.29 bits per heavy atom. The molecule has 4 nitrogen and oxygen atoms in total. The number of H-pyrrole nitrogens is 1. The molecule has 112 valence electrons. The predicted molar refractivity (Wildman–Crippen MR) is 85.1 cm³/mol. The SMILES string of the molecule is COC1=CC(c2ccc[nH]2)=N/C1=C\NC1CCCCCC1. The van der Waals surface area contributed by atoms with Crippen molar-refractivity contribution in [2.75, 3.05) is 7.11 Å². The lowest BCUT2D eigenvalue weighted by molar-refractivity contribution is 0.301. The Bertz CT molecular complexity index is 547. The number of allylic oxidation sites excluding steroid dienone is 1. The van der Waals surface area contributed by atoms with E-state index in [9.17, 15) is 0 Å². The Labute approximate surface area is 126 Å². The molecule has 0 bridgehead atoms. The normalized spacial score (nSPS) is 21.9. The highest BCUT2D eigenvalue weighted by atomic mass is 16.5. The summed E-state index contributed by atoms with van der Waals surface area (Å²) in [5.74, 6) is 0.820. The van der Waals surface area contributed by atoms with Crippen LogP contribution in [0.2, 0.25) is 0 Å². The van der Waals surface area contributed by atoms with Crippen LogP contribution in [-0.2, 0) is 4.74 Å². The molecule has 1 fully saturated rings. The summed E-state index contributed by atoms with van der Waals surface area (Å²) < 4.78 is 5.44. The first-order valence-corrected chi connectivity index (χ1v) is 7.81. The predicted octanol–water partition coefficient (Wildman–Crippen LogP) is 3.50. The monoisotopic (exact) mass is 285 g/mol. The minimum absolute atomic E-state index is 0.572. The zero-order chi connectivity index (χ0) is 14.5.